The van der Waals surface area contributed by atoms with E-state index in [1.807, 2.05) is 0 Å². The van der Waals surface area contributed by atoms with E-state index in [2.05, 4.69) is 31.6 Å². The average Bonchev–Trinajstić information content (AvgIpc) is 3.24. The second-order valence-electron chi connectivity index (χ2n) is 5.36. The van der Waals surface area contributed by atoms with Crippen molar-refractivity contribution in [1.82, 2.24) is 15.2 Å². The predicted octanol–water partition coefficient (Wildman–Crippen LogP) is 4.27. The van der Waals surface area contributed by atoms with Crippen molar-refractivity contribution < 1.29 is 14.1 Å². The molecule has 1 N–H and O–H groups in total. The standard InChI is InChI=1S/C16H10BrCl2N5O4/c17-11-8-23(22-15(11)24(26)27)7-9-4-5-14(28-9)16(25)21-20-6-10-12(18)2-1-3-13(10)19/h1-6,8H,7H2,(H,21,25). The highest BCUT2D eigenvalue weighted by Crippen LogP contribution is 2.23. The molecular formula is C16H10BrCl2N5O4. The Morgan fingerprint density at radius 3 is 2.71 bits per heavy atom. The highest BCUT2D eigenvalue weighted by Gasteiger charge is 2.20. The van der Waals surface area contributed by atoms with Crippen molar-refractivity contribution in [2.75, 3.05) is 0 Å². The average molecular weight is 487 g/mol. The summed E-state index contributed by atoms with van der Waals surface area (Å²) in [5, 5.41) is 19.2. The molecule has 0 fully saturated rings. The maximum absolute atomic E-state index is 12.1. The molecule has 0 saturated heterocycles. The molecule has 12 heteroatoms. The second kappa shape index (κ2) is 8.55. The summed E-state index contributed by atoms with van der Waals surface area (Å²) >= 11 is 15.1. The molecule has 0 radical (unpaired) electrons. The van der Waals surface area contributed by atoms with Gasteiger partial charge in [-0.05, 0) is 45.1 Å². The number of furan rings is 1. The highest BCUT2D eigenvalue weighted by molar-refractivity contribution is 9.10. The SMILES string of the molecule is O=C(NN=Cc1c(Cl)cccc1Cl)c1ccc(Cn2cc(Br)c([N+](=O)[O-])n2)o1. The third-order valence-corrected chi connectivity index (χ3v) is 4.65. The Morgan fingerprint density at radius 2 is 2.07 bits per heavy atom. The van der Waals surface area contributed by atoms with E-state index in [0.29, 0.717) is 21.4 Å². The van der Waals surface area contributed by atoms with Crippen LogP contribution in [-0.2, 0) is 6.54 Å². The van der Waals surface area contributed by atoms with Gasteiger partial charge in [-0.15, -0.1) is 0 Å². The minimum Gasteiger partial charge on any atom is -0.454 e. The Morgan fingerprint density at radius 1 is 1.36 bits per heavy atom. The van der Waals surface area contributed by atoms with E-state index in [9.17, 15) is 14.9 Å². The maximum atomic E-state index is 12.1. The molecule has 1 amide bonds. The molecule has 144 valence electrons. The van der Waals surface area contributed by atoms with Crippen molar-refractivity contribution in [3.8, 4) is 0 Å². The van der Waals surface area contributed by atoms with Gasteiger partial charge in [-0.25, -0.2) is 5.43 Å². The second-order valence-corrected chi connectivity index (χ2v) is 7.02. The minimum absolute atomic E-state index is 0.0122. The smallest absolute Gasteiger partial charge is 0.404 e. The van der Waals surface area contributed by atoms with Crippen LogP contribution in [0.25, 0.3) is 0 Å². The van der Waals surface area contributed by atoms with Crippen molar-refractivity contribution in [2.24, 2.45) is 5.10 Å². The Hall–Kier alpha value is -2.69. The van der Waals surface area contributed by atoms with Crippen LogP contribution in [-0.4, -0.2) is 26.8 Å². The van der Waals surface area contributed by atoms with Gasteiger partial charge in [0, 0.05) is 5.56 Å². The van der Waals surface area contributed by atoms with Gasteiger partial charge in [0.25, 0.3) is 0 Å². The number of hydrazone groups is 1. The van der Waals surface area contributed by atoms with Crippen LogP contribution in [0.3, 0.4) is 0 Å². The molecular weight excluding hydrogens is 477 g/mol. The molecule has 3 rings (SSSR count). The molecule has 0 atom stereocenters. The van der Waals surface area contributed by atoms with Crippen molar-refractivity contribution in [2.45, 2.75) is 6.54 Å². The molecule has 0 aliphatic carbocycles. The third-order valence-electron chi connectivity index (χ3n) is 3.43. The molecule has 0 bridgehead atoms. The lowest BCUT2D eigenvalue weighted by Gasteiger charge is -2.00. The number of amides is 1. The van der Waals surface area contributed by atoms with E-state index in [0.717, 1.165) is 0 Å². The third kappa shape index (κ3) is 4.58. The molecule has 0 aliphatic heterocycles. The van der Waals surface area contributed by atoms with Crippen LogP contribution < -0.4 is 5.43 Å². The van der Waals surface area contributed by atoms with Crippen molar-refractivity contribution in [3.05, 3.63) is 78.2 Å². The van der Waals surface area contributed by atoms with Crippen LogP contribution in [0.4, 0.5) is 5.82 Å². The van der Waals surface area contributed by atoms with E-state index in [-0.39, 0.29) is 22.6 Å². The minimum atomic E-state index is -0.606. The van der Waals surface area contributed by atoms with Crippen LogP contribution in [0.2, 0.25) is 10.0 Å². The number of carbonyl (C=O) groups excluding carboxylic acids is 1. The number of aromatic nitrogens is 2. The van der Waals surface area contributed by atoms with Gasteiger partial charge >= 0.3 is 11.7 Å². The summed E-state index contributed by atoms with van der Waals surface area (Å²) in [5.41, 5.74) is 2.78. The van der Waals surface area contributed by atoms with Crippen LogP contribution in [0.1, 0.15) is 21.9 Å². The number of benzene rings is 1. The zero-order valence-electron chi connectivity index (χ0n) is 13.8. The largest absolute Gasteiger partial charge is 0.454 e. The summed E-state index contributed by atoms with van der Waals surface area (Å²) in [6.45, 7) is 0.109. The van der Waals surface area contributed by atoms with E-state index >= 15 is 0 Å². The van der Waals surface area contributed by atoms with Crippen LogP contribution in [0.5, 0.6) is 0 Å². The number of rotatable bonds is 6. The molecule has 28 heavy (non-hydrogen) atoms. The van der Waals surface area contributed by atoms with Gasteiger partial charge in [0.15, 0.2) is 5.76 Å². The highest BCUT2D eigenvalue weighted by atomic mass is 79.9. The lowest BCUT2D eigenvalue weighted by atomic mass is 10.2. The topological polar surface area (TPSA) is 116 Å². The number of nitrogens with zero attached hydrogens (tertiary/aromatic N) is 4. The maximum Gasteiger partial charge on any atom is 0.404 e. The number of halogens is 3. The number of nitrogens with one attached hydrogen (secondary N) is 1. The van der Waals surface area contributed by atoms with E-state index in [1.165, 1.54) is 23.2 Å². The van der Waals surface area contributed by atoms with Crippen LogP contribution in [0, 0.1) is 10.1 Å². The monoisotopic (exact) mass is 485 g/mol. The fourth-order valence-corrected chi connectivity index (χ4v) is 3.14. The van der Waals surface area contributed by atoms with Crippen molar-refractivity contribution in [3.63, 3.8) is 0 Å². The number of hydrogen-bond donors (Lipinski definition) is 1. The quantitative estimate of drug-likeness (QED) is 0.317. The first-order chi connectivity index (χ1) is 13.3. The lowest BCUT2D eigenvalue weighted by molar-refractivity contribution is -0.390. The number of nitro groups is 1. The molecule has 2 heterocycles. The molecule has 3 aromatic rings. The lowest BCUT2D eigenvalue weighted by Crippen LogP contribution is -2.16. The van der Waals surface area contributed by atoms with Gasteiger partial charge in [-0.1, -0.05) is 29.3 Å². The van der Waals surface area contributed by atoms with Gasteiger partial charge < -0.3 is 14.5 Å². The molecule has 9 nitrogen and oxygen atoms in total. The summed E-state index contributed by atoms with van der Waals surface area (Å²) < 4.78 is 6.99. The zero-order valence-corrected chi connectivity index (χ0v) is 16.9. The number of hydrogen-bond acceptors (Lipinski definition) is 6. The van der Waals surface area contributed by atoms with E-state index < -0.39 is 10.8 Å². The fourth-order valence-electron chi connectivity index (χ4n) is 2.18. The molecule has 0 spiro atoms. The van der Waals surface area contributed by atoms with Gasteiger partial charge in [-0.3, -0.25) is 4.79 Å². The first-order valence-corrected chi connectivity index (χ1v) is 9.13. The Balaban J connectivity index is 1.65. The molecule has 0 saturated carbocycles. The normalized spacial score (nSPS) is 11.1. The summed E-state index contributed by atoms with van der Waals surface area (Å²) in [6.07, 6.45) is 2.77. The first kappa shape index (κ1) is 20.1. The first-order valence-electron chi connectivity index (χ1n) is 7.58. The Kier molecular flexibility index (Phi) is 6.12. The van der Waals surface area contributed by atoms with Crippen molar-refractivity contribution >= 4 is 57.1 Å². The van der Waals surface area contributed by atoms with E-state index in [1.54, 1.807) is 24.3 Å². The molecule has 1 aromatic carbocycles. The van der Waals surface area contributed by atoms with Gasteiger partial charge in [-0.2, -0.15) is 9.78 Å². The predicted molar refractivity (Wildman–Crippen MR) is 106 cm³/mol. The summed E-state index contributed by atoms with van der Waals surface area (Å²) in [6, 6.07) is 8.00. The zero-order chi connectivity index (χ0) is 20.3. The van der Waals surface area contributed by atoms with Crippen LogP contribution in [0.15, 0.2) is 50.5 Å². The van der Waals surface area contributed by atoms with Gasteiger partial charge in [0.05, 0.1) is 27.6 Å². The summed E-state index contributed by atoms with van der Waals surface area (Å²) in [7, 11) is 0. The number of carbonyl (C=O) groups is 1. The molecule has 0 aliphatic rings. The van der Waals surface area contributed by atoms with Gasteiger partial charge in [0.1, 0.15) is 16.8 Å². The Bertz CT molecular complexity index is 1060. The summed E-state index contributed by atoms with van der Waals surface area (Å²) in [5.74, 6) is -0.498. The fraction of sp³-hybridized carbons (Fsp3) is 0.0625. The Labute approximate surface area is 176 Å². The summed E-state index contributed by atoms with van der Waals surface area (Å²) in [4.78, 5) is 22.3. The molecule has 2 aromatic heterocycles. The molecule has 0 unspecified atom stereocenters. The van der Waals surface area contributed by atoms with E-state index in [4.69, 9.17) is 27.6 Å². The van der Waals surface area contributed by atoms with Gasteiger partial charge in [0.2, 0.25) is 0 Å². The van der Waals surface area contributed by atoms with Crippen LogP contribution >= 0.6 is 39.1 Å². The van der Waals surface area contributed by atoms with Crippen molar-refractivity contribution in [1.29, 1.82) is 0 Å².